The van der Waals surface area contributed by atoms with Crippen molar-refractivity contribution >= 4 is 5.95 Å². The molecule has 0 saturated carbocycles. The monoisotopic (exact) mass is 350 g/mol. The van der Waals surface area contributed by atoms with Crippen LogP contribution in [-0.2, 0) is 13.1 Å². The maximum atomic E-state index is 4.85. The fourth-order valence-corrected chi connectivity index (χ4v) is 3.27. The summed E-state index contributed by atoms with van der Waals surface area (Å²) in [6, 6.07) is 10.2. The number of benzene rings is 1. The average Bonchev–Trinajstić information content (AvgIpc) is 3.24. The van der Waals surface area contributed by atoms with Gasteiger partial charge in [-0.2, -0.15) is 4.98 Å². The van der Waals surface area contributed by atoms with Gasteiger partial charge in [-0.05, 0) is 31.5 Å². The first kappa shape index (κ1) is 16.7. The molecule has 4 rings (SSSR count). The van der Waals surface area contributed by atoms with E-state index in [4.69, 9.17) is 4.52 Å². The largest absolute Gasteiger partial charge is 0.350 e. The van der Waals surface area contributed by atoms with E-state index in [0.717, 1.165) is 50.4 Å². The highest BCUT2D eigenvalue weighted by molar-refractivity contribution is 5.27. The number of nitrogens with one attached hydrogen (secondary N) is 1. The van der Waals surface area contributed by atoms with E-state index in [-0.39, 0.29) is 0 Å². The van der Waals surface area contributed by atoms with Crippen LogP contribution in [0.15, 0.2) is 53.6 Å². The average molecular weight is 350 g/mol. The Morgan fingerprint density at radius 2 is 1.77 bits per heavy atom. The molecule has 1 aliphatic rings. The molecule has 3 heterocycles. The first-order valence-corrected chi connectivity index (χ1v) is 8.94. The molecule has 134 valence electrons. The minimum absolute atomic E-state index is 0.408. The third-order valence-corrected chi connectivity index (χ3v) is 4.74. The Hall–Kier alpha value is -2.80. The minimum atomic E-state index is 0.408. The van der Waals surface area contributed by atoms with Crippen molar-refractivity contribution in [1.29, 1.82) is 0 Å². The van der Waals surface area contributed by atoms with Crippen LogP contribution in [0, 0.1) is 0 Å². The number of piperidine rings is 1. The second-order valence-electron chi connectivity index (χ2n) is 6.59. The minimum Gasteiger partial charge on any atom is -0.350 e. The highest BCUT2D eigenvalue weighted by Gasteiger charge is 2.23. The molecule has 1 fully saturated rings. The third-order valence-electron chi connectivity index (χ3n) is 4.74. The van der Waals surface area contributed by atoms with Crippen molar-refractivity contribution in [3.63, 3.8) is 0 Å². The van der Waals surface area contributed by atoms with E-state index < -0.39 is 0 Å². The second-order valence-corrected chi connectivity index (χ2v) is 6.59. The number of rotatable bonds is 6. The van der Waals surface area contributed by atoms with Gasteiger partial charge in [-0.15, -0.1) is 0 Å². The van der Waals surface area contributed by atoms with Crippen LogP contribution in [0.2, 0.25) is 0 Å². The smallest absolute Gasteiger partial charge is 0.222 e. The van der Waals surface area contributed by atoms with Crippen LogP contribution in [0.25, 0.3) is 0 Å². The van der Waals surface area contributed by atoms with Crippen molar-refractivity contribution < 1.29 is 4.52 Å². The molecule has 0 aliphatic carbocycles. The zero-order chi connectivity index (χ0) is 17.6. The van der Waals surface area contributed by atoms with Crippen LogP contribution < -0.4 is 5.32 Å². The van der Waals surface area contributed by atoms with E-state index in [9.17, 15) is 0 Å². The molecule has 1 saturated heterocycles. The lowest BCUT2D eigenvalue weighted by Gasteiger charge is -2.30. The lowest BCUT2D eigenvalue weighted by atomic mass is 9.96. The Kier molecular flexibility index (Phi) is 5.16. The molecule has 0 spiro atoms. The summed E-state index contributed by atoms with van der Waals surface area (Å²) in [7, 11) is 0. The maximum Gasteiger partial charge on any atom is 0.222 e. The Bertz CT molecular complexity index is 783. The third kappa shape index (κ3) is 4.23. The lowest BCUT2D eigenvalue weighted by molar-refractivity contribution is 0.200. The van der Waals surface area contributed by atoms with Gasteiger partial charge in [-0.25, -0.2) is 9.97 Å². The Balaban J connectivity index is 1.25. The fraction of sp³-hybridized carbons (Fsp3) is 0.368. The van der Waals surface area contributed by atoms with Gasteiger partial charge in [0.1, 0.15) is 0 Å². The van der Waals surface area contributed by atoms with E-state index >= 15 is 0 Å². The van der Waals surface area contributed by atoms with Gasteiger partial charge in [0.25, 0.3) is 0 Å². The van der Waals surface area contributed by atoms with Crippen molar-refractivity contribution in [2.75, 3.05) is 18.4 Å². The molecular formula is C19H22N6O. The van der Waals surface area contributed by atoms with E-state index in [1.54, 1.807) is 0 Å². The topological polar surface area (TPSA) is 80.0 Å². The second kappa shape index (κ2) is 8.05. The van der Waals surface area contributed by atoms with Gasteiger partial charge >= 0.3 is 0 Å². The molecule has 0 atom stereocenters. The molecule has 26 heavy (non-hydrogen) atoms. The van der Waals surface area contributed by atoms with Crippen molar-refractivity contribution in [1.82, 2.24) is 25.0 Å². The summed E-state index contributed by atoms with van der Waals surface area (Å²) >= 11 is 0. The van der Waals surface area contributed by atoms with Crippen LogP contribution >= 0.6 is 0 Å². The standard InChI is InChI=1S/C19H22N6O/c1-2-4-15(5-3-1)10-20-19-21-11-16(12-22-19)13-25-8-6-17(7-9-25)18-23-14-26-24-18/h1-5,11-12,14,17H,6-10,13H2,(H,20,21,22). The number of nitrogens with zero attached hydrogens (tertiary/aromatic N) is 5. The van der Waals surface area contributed by atoms with Crippen LogP contribution in [0.1, 0.15) is 35.7 Å². The summed E-state index contributed by atoms with van der Waals surface area (Å²) in [6.07, 6.45) is 7.33. The predicted molar refractivity (Wildman–Crippen MR) is 97.4 cm³/mol. The molecule has 1 N–H and O–H groups in total. The van der Waals surface area contributed by atoms with Gasteiger partial charge in [0, 0.05) is 37.0 Å². The van der Waals surface area contributed by atoms with Crippen LogP contribution in [0.4, 0.5) is 5.95 Å². The molecule has 0 radical (unpaired) electrons. The number of hydrogen-bond donors (Lipinski definition) is 1. The normalized spacial score (nSPS) is 15.8. The van der Waals surface area contributed by atoms with E-state index in [1.807, 2.05) is 30.6 Å². The van der Waals surface area contributed by atoms with Gasteiger partial charge < -0.3 is 9.84 Å². The molecule has 7 heteroatoms. The molecule has 1 aromatic carbocycles. The molecule has 2 aromatic heterocycles. The van der Waals surface area contributed by atoms with Crippen LogP contribution in [-0.4, -0.2) is 38.1 Å². The Morgan fingerprint density at radius 3 is 2.46 bits per heavy atom. The fourth-order valence-electron chi connectivity index (χ4n) is 3.27. The molecule has 7 nitrogen and oxygen atoms in total. The lowest BCUT2D eigenvalue weighted by Crippen LogP contribution is -2.32. The van der Waals surface area contributed by atoms with Gasteiger partial charge in [0.2, 0.25) is 12.3 Å². The number of aromatic nitrogens is 4. The molecule has 0 amide bonds. The summed E-state index contributed by atoms with van der Waals surface area (Å²) in [5.74, 6) is 1.90. The van der Waals surface area contributed by atoms with E-state index in [1.165, 1.54) is 12.0 Å². The summed E-state index contributed by atoms with van der Waals surface area (Å²) in [5.41, 5.74) is 2.35. The van der Waals surface area contributed by atoms with E-state index in [0.29, 0.717) is 11.9 Å². The zero-order valence-electron chi connectivity index (χ0n) is 14.6. The molecule has 3 aromatic rings. The maximum absolute atomic E-state index is 4.85. The number of anilines is 1. The van der Waals surface area contributed by atoms with Crippen molar-refractivity contribution in [2.45, 2.75) is 31.8 Å². The van der Waals surface area contributed by atoms with Crippen molar-refractivity contribution in [3.8, 4) is 0 Å². The summed E-state index contributed by atoms with van der Waals surface area (Å²) in [6.45, 7) is 3.64. The summed E-state index contributed by atoms with van der Waals surface area (Å²) < 4.78 is 4.85. The summed E-state index contributed by atoms with van der Waals surface area (Å²) in [4.78, 5) is 15.5. The van der Waals surface area contributed by atoms with Gasteiger partial charge in [-0.1, -0.05) is 35.5 Å². The Morgan fingerprint density at radius 1 is 1.00 bits per heavy atom. The highest BCUT2D eigenvalue weighted by Crippen LogP contribution is 2.26. The number of likely N-dealkylation sites (tertiary alicyclic amines) is 1. The molecular weight excluding hydrogens is 328 g/mol. The van der Waals surface area contributed by atoms with E-state index in [2.05, 4.69) is 42.5 Å². The SMILES string of the molecule is c1ccc(CNc2ncc(CN3CCC(c4ncon4)CC3)cn2)cc1. The molecule has 1 aliphatic heterocycles. The highest BCUT2D eigenvalue weighted by atomic mass is 16.5. The predicted octanol–water partition coefficient (Wildman–Crippen LogP) is 2.85. The number of hydrogen-bond acceptors (Lipinski definition) is 7. The first-order chi connectivity index (χ1) is 12.9. The van der Waals surface area contributed by atoms with Crippen LogP contribution in [0.5, 0.6) is 0 Å². The zero-order valence-corrected chi connectivity index (χ0v) is 14.6. The van der Waals surface area contributed by atoms with Crippen LogP contribution in [0.3, 0.4) is 0 Å². The van der Waals surface area contributed by atoms with Gasteiger partial charge in [0.15, 0.2) is 5.82 Å². The quantitative estimate of drug-likeness (QED) is 0.732. The summed E-state index contributed by atoms with van der Waals surface area (Å²) in [5, 5.41) is 7.22. The van der Waals surface area contributed by atoms with Crippen molar-refractivity contribution in [3.05, 3.63) is 66.1 Å². The first-order valence-electron chi connectivity index (χ1n) is 8.94. The Labute approximate surface area is 152 Å². The van der Waals surface area contributed by atoms with Gasteiger partial charge in [-0.3, -0.25) is 4.90 Å². The van der Waals surface area contributed by atoms with Gasteiger partial charge in [0.05, 0.1) is 0 Å². The van der Waals surface area contributed by atoms with Crippen molar-refractivity contribution in [2.24, 2.45) is 0 Å². The molecule has 0 bridgehead atoms. The molecule has 0 unspecified atom stereocenters.